The highest BCUT2D eigenvalue weighted by Crippen LogP contribution is 2.39. The molecule has 6 N–H and O–H groups in total. The first kappa shape index (κ1) is 18.4. The molecule has 1 aromatic rings. The molecule has 0 saturated carbocycles. The maximum atomic E-state index is 11.1. The fourth-order valence-electron chi connectivity index (χ4n) is 2.33. The van der Waals surface area contributed by atoms with Crippen molar-refractivity contribution in [1.82, 2.24) is 0 Å². The van der Waals surface area contributed by atoms with Gasteiger partial charge in [0.2, 0.25) is 0 Å². The summed E-state index contributed by atoms with van der Waals surface area (Å²) < 4.78 is 14.3. The summed E-state index contributed by atoms with van der Waals surface area (Å²) in [7, 11) is -4.79. The van der Waals surface area contributed by atoms with Gasteiger partial charge in [0, 0.05) is 18.4 Å². The van der Waals surface area contributed by atoms with Gasteiger partial charge in [-0.05, 0) is 36.3 Å². The predicted molar refractivity (Wildman–Crippen MR) is 86.5 cm³/mol. The van der Waals surface area contributed by atoms with Gasteiger partial charge >= 0.3 is 7.75 Å². The standard InChI is InChI=1S/C15H18NO7P/c17-11-3-1-10(2-4-11)7-8-15(19,20)13-6-5-12(18)9-14(13)16-24(21,22)23/h1-6,17-20H,7-9H2,(H2,21,22,23). The monoisotopic (exact) mass is 355 g/mol. The predicted octanol–water partition coefficient (Wildman–Crippen LogP) is 1.31. The Hall–Kier alpha value is -1.96. The molecule has 9 heteroatoms. The first-order chi connectivity index (χ1) is 11.1. The molecule has 1 aliphatic rings. The van der Waals surface area contributed by atoms with Gasteiger partial charge in [0.25, 0.3) is 0 Å². The van der Waals surface area contributed by atoms with Crippen molar-refractivity contribution >= 4 is 13.5 Å². The maximum Gasteiger partial charge on any atom is 0.448 e. The van der Waals surface area contributed by atoms with E-state index in [-0.39, 0.29) is 42.1 Å². The molecule has 0 saturated heterocycles. The molecule has 0 amide bonds. The molecule has 0 atom stereocenters. The van der Waals surface area contributed by atoms with Crippen molar-refractivity contribution in [2.75, 3.05) is 0 Å². The summed E-state index contributed by atoms with van der Waals surface area (Å²) in [5.41, 5.74) is 0.282. The lowest BCUT2D eigenvalue weighted by Gasteiger charge is -2.27. The van der Waals surface area contributed by atoms with E-state index in [9.17, 15) is 25.0 Å². The summed E-state index contributed by atoms with van der Waals surface area (Å²) in [6.45, 7) is 0. The Bertz CT molecular complexity index is 744. The van der Waals surface area contributed by atoms with Crippen molar-refractivity contribution in [3.63, 3.8) is 0 Å². The smallest absolute Gasteiger partial charge is 0.448 e. The molecule has 0 aliphatic heterocycles. The zero-order valence-electron chi connectivity index (χ0n) is 12.6. The summed E-state index contributed by atoms with van der Waals surface area (Å²) in [5, 5.41) is 39.3. The summed E-state index contributed by atoms with van der Waals surface area (Å²) in [4.78, 5) is 18.0. The molecule has 24 heavy (non-hydrogen) atoms. The highest BCUT2D eigenvalue weighted by atomic mass is 31.2. The Kier molecular flexibility index (Phi) is 5.27. The van der Waals surface area contributed by atoms with Gasteiger partial charge in [0.1, 0.15) is 5.75 Å². The number of hydrogen-bond acceptors (Lipinski definition) is 5. The number of benzene rings is 1. The quantitative estimate of drug-likeness (QED) is 0.344. The molecule has 130 valence electrons. The van der Waals surface area contributed by atoms with Gasteiger partial charge in [-0.25, -0.2) is 4.57 Å². The Morgan fingerprint density at radius 3 is 2.29 bits per heavy atom. The van der Waals surface area contributed by atoms with Crippen LogP contribution < -0.4 is 0 Å². The zero-order chi connectivity index (χ0) is 18.0. The zero-order valence-corrected chi connectivity index (χ0v) is 13.5. The van der Waals surface area contributed by atoms with Crippen LogP contribution in [-0.2, 0) is 11.0 Å². The third kappa shape index (κ3) is 5.02. The van der Waals surface area contributed by atoms with Gasteiger partial charge in [-0.15, -0.1) is 0 Å². The largest absolute Gasteiger partial charge is 0.512 e. The van der Waals surface area contributed by atoms with Gasteiger partial charge < -0.3 is 30.2 Å². The van der Waals surface area contributed by atoms with E-state index in [2.05, 4.69) is 4.76 Å². The molecule has 2 rings (SSSR count). The van der Waals surface area contributed by atoms with E-state index in [1.54, 1.807) is 12.1 Å². The van der Waals surface area contributed by atoms with Crippen LogP contribution in [0.25, 0.3) is 0 Å². The molecule has 0 spiro atoms. The van der Waals surface area contributed by atoms with E-state index in [1.165, 1.54) is 24.3 Å². The third-order valence-electron chi connectivity index (χ3n) is 3.48. The summed E-state index contributed by atoms with van der Waals surface area (Å²) >= 11 is 0. The van der Waals surface area contributed by atoms with Crippen LogP contribution in [0.1, 0.15) is 18.4 Å². The second kappa shape index (κ2) is 6.88. The molecule has 0 fully saturated rings. The lowest BCUT2D eigenvalue weighted by molar-refractivity contribution is -0.128. The normalized spacial score (nSPS) is 17.6. The van der Waals surface area contributed by atoms with E-state index in [1.807, 2.05) is 0 Å². The number of nitrogens with zero attached hydrogens (tertiary/aromatic N) is 1. The highest BCUT2D eigenvalue weighted by molar-refractivity contribution is 7.50. The number of aryl methyl sites for hydroxylation is 1. The molecular formula is C15H18NO7P. The van der Waals surface area contributed by atoms with Crippen molar-refractivity contribution in [1.29, 1.82) is 0 Å². The maximum absolute atomic E-state index is 11.1. The summed E-state index contributed by atoms with van der Waals surface area (Å²) in [6.07, 6.45) is 2.15. The van der Waals surface area contributed by atoms with Gasteiger partial charge in [-0.2, -0.15) is 4.76 Å². The number of hydrogen-bond donors (Lipinski definition) is 6. The molecule has 0 heterocycles. The molecule has 0 radical (unpaired) electrons. The van der Waals surface area contributed by atoms with Crippen molar-refractivity contribution < 1.29 is 34.8 Å². The second-order valence-electron chi connectivity index (χ2n) is 5.46. The van der Waals surface area contributed by atoms with Crippen LogP contribution in [-0.4, -0.2) is 41.7 Å². The Morgan fingerprint density at radius 1 is 1.08 bits per heavy atom. The lowest BCUT2D eigenvalue weighted by atomic mass is 9.90. The van der Waals surface area contributed by atoms with E-state index in [0.29, 0.717) is 0 Å². The number of aromatic hydroxyl groups is 1. The van der Waals surface area contributed by atoms with E-state index in [0.717, 1.165) is 5.56 Å². The highest BCUT2D eigenvalue weighted by Gasteiger charge is 2.34. The second-order valence-corrected chi connectivity index (χ2v) is 6.68. The Morgan fingerprint density at radius 2 is 1.71 bits per heavy atom. The minimum Gasteiger partial charge on any atom is -0.512 e. The topological polar surface area (TPSA) is 151 Å². The minimum absolute atomic E-state index is 0.0877. The van der Waals surface area contributed by atoms with Crippen molar-refractivity contribution in [2.24, 2.45) is 4.76 Å². The van der Waals surface area contributed by atoms with Crippen LogP contribution in [0.5, 0.6) is 5.75 Å². The van der Waals surface area contributed by atoms with Gasteiger partial charge in [-0.3, -0.25) is 0 Å². The molecule has 0 aromatic heterocycles. The Balaban J connectivity index is 2.23. The number of phenolic OH excluding ortho intramolecular Hbond substituents is 1. The fourth-order valence-corrected chi connectivity index (χ4v) is 2.82. The summed E-state index contributed by atoms with van der Waals surface area (Å²) in [6, 6.07) is 6.17. The van der Waals surface area contributed by atoms with Crippen LogP contribution in [0.2, 0.25) is 0 Å². The van der Waals surface area contributed by atoms with Gasteiger partial charge in [-0.1, -0.05) is 12.1 Å². The molecule has 1 aliphatic carbocycles. The fraction of sp³-hybridized carbons (Fsp3) is 0.267. The first-order valence-electron chi connectivity index (χ1n) is 7.05. The molecule has 8 nitrogen and oxygen atoms in total. The number of allylic oxidation sites excluding steroid dienone is 3. The number of aliphatic hydroxyl groups excluding tert-OH is 1. The van der Waals surface area contributed by atoms with Crippen LogP contribution in [0.4, 0.5) is 0 Å². The van der Waals surface area contributed by atoms with E-state index in [4.69, 9.17) is 9.79 Å². The average Bonchev–Trinajstić information content (AvgIpc) is 2.45. The van der Waals surface area contributed by atoms with Crippen molar-refractivity contribution in [3.05, 3.63) is 53.3 Å². The first-order valence-corrected chi connectivity index (χ1v) is 8.61. The number of phenols is 1. The van der Waals surface area contributed by atoms with Crippen LogP contribution in [0.15, 0.2) is 52.5 Å². The van der Waals surface area contributed by atoms with Crippen LogP contribution in [0, 0.1) is 0 Å². The van der Waals surface area contributed by atoms with Crippen LogP contribution >= 0.6 is 7.75 Å². The minimum atomic E-state index is -4.79. The lowest BCUT2D eigenvalue weighted by Crippen LogP contribution is -2.36. The molecular weight excluding hydrogens is 337 g/mol. The number of rotatable bonds is 5. The summed E-state index contributed by atoms with van der Waals surface area (Å²) in [5.74, 6) is -2.49. The molecule has 0 unspecified atom stereocenters. The van der Waals surface area contributed by atoms with E-state index >= 15 is 0 Å². The SMILES string of the molecule is O=P(O)(O)N=C1CC(O)=CC=C1C(O)(O)CCc1ccc(O)cc1. The molecule has 1 aromatic carbocycles. The number of aliphatic hydroxyl groups is 3. The molecule has 0 bridgehead atoms. The Labute approximate surface area is 138 Å². The third-order valence-corrected chi connectivity index (χ3v) is 3.98. The van der Waals surface area contributed by atoms with Crippen molar-refractivity contribution in [2.45, 2.75) is 25.0 Å². The average molecular weight is 355 g/mol. The van der Waals surface area contributed by atoms with Crippen molar-refractivity contribution in [3.8, 4) is 5.75 Å². The van der Waals surface area contributed by atoms with Gasteiger partial charge in [0.15, 0.2) is 5.79 Å². The van der Waals surface area contributed by atoms with Gasteiger partial charge in [0.05, 0.1) is 11.5 Å². The van der Waals surface area contributed by atoms with Crippen LogP contribution in [0.3, 0.4) is 0 Å². The van der Waals surface area contributed by atoms with E-state index < -0.39 is 13.5 Å².